The van der Waals surface area contributed by atoms with Crippen molar-refractivity contribution in [3.63, 3.8) is 0 Å². The molecule has 0 aromatic rings. The number of hydrogen-bond acceptors (Lipinski definition) is 9. The van der Waals surface area contributed by atoms with E-state index in [0.717, 1.165) is 5.75 Å². The molecule has 1 saturated heterocycles. The lowest BCUT2D eigenvalue weighted by Gasteiger charge is -2.18. The first-order valence-corrected chi connectivity index (χ1v) is 12.1. The molecule has 1 aliphatic heterocycles. The van der Waals surface area contributed by atoms with Crippen molar-refractivity contribution in [3.05, 3.63) is 0 Å². The van der Waals surface area contributed by atoms with Crippen molar-refractivity contribution in [2.45, 2.75) is 37.5 Å². The number of likely N-dealkylation sites (tertiary alicyclic amines) is 1. The number of amides is 3. The Kier molecular flexibility index (Phi) is 16.4. The van der Waals surface area contributed by atoms with Crippen LogP contribution in [0, 0.1) is 0 Å². The third-order valence-corrected chi connectivity index (χ3v) is 5.70. The van der Waals surface area contributed by atoms with E-state index in [0.29, 0.717) is 59.2 Å². The number of carbonyl (C=O) groups is 3. The number of ether oxygens (including phenoxy) is 5. The molecule has 0 aromatic heterocycles. The fourth-order valence-corrected chi connectivity index (χ4v) is 3.87. The summed E-state index contributed by atoms with van der Waals surface area (Å²) in [5.74, 6) is 0.206. The number of nitrogens with zero attached hydrogens (tertiary/aromatic N) is 1. The van der Waals surface area contributed by atoms with Gasteiger partial charge < -0.3 is 29.0 Å². The van der Waals surface area contributed by atoms with Crippen molar-refractivity contribution in [1.29, 1.82) is 0 Å². The van der Waals surface area contributed by atoms with Crippen molar-refractivity contribution in [2.75, 3.05) is 79.3 Å². The van der Waals surface area contributed by atoms with Crippen LogP contribution < -0.4 is 5.32 Å². The summed E-state index contributed by atoms with van der Waals surface area (Å²) in [4.78, 5) is 37.4. The molecule has 0 bridgehead atoms. The number of thioether (sulfide) groups is 1. The summed E-state index contributed by atoms with van der Waals surface area (Å²) in [5, 5.41) is 2.49. The lowest BCUT2D eigenvalue weighted by molar-refractivity contribution is -0.138. The van der Waals surface area contributed by atoms with Gasteiger partial charge in [-0.3, -0.25) is 19.3 Å². The Labute approximate surface area is 195 Å². The van der Waals surface area contributed by atoms with Crippen LogP contribution in [0.1, 0.15) is 26.2 Å². The Morgan fingerprint density at radius 3 is 2.47 bits per heavy atom. The molecule has 1 aliphatic rings. The quantitative estimate of drug-likeness (QED) is 0.197. The Hall–Kier alpha value is -1.24. The molecular weight excluding hydrogens is 440 g/mol. The maximum atomic E-state index is 12.2. The van der Waals surface area contributed by atoms with Gasteiger partial charge in [-0.2, -0.15) is 0 Å². The predicted molar refractivity (Wildman–Crippen MR) is 121 cm³/mol. The van der Waals surface area contributed by atoms with Gasteiger partial charge in [-0.1, -0.05) is 6.92 Å². The highest BCUT2D eigenvalue weighted by atomic mass is 32.2. The number of carbonyl (C=O) groups excluding carboxylic acids is 3. The van der Waals surface area contributed by atoms with E-state index in [1.54, 1.807) is 14.2 Å². The van der Waals surface area contributed by atoms with Gasteiger partial charge in [-0.15, -0.1) is 11.8 Å². The predicted octanol–water partition coefficient (Wildman–Crippen LogP) is 0.475. The smallest absolute Gasteiger partial charge is 0.242 e. The zero-order chi connectivity index (χ0) is 23.6. The summed E-state index contributed by atoms with van der Waals surface area (Å²) in [6, 6.07) is 0. The number of nitrogens with one attached hydrogen (secondary N) is 1. The van der Waals surface area contributed by atoms with Crippen LogP contribution in [0.2, 0.25) is 0 Å². The first-order chi connectivity index (χ1) is 15.5. The highest BCUT2D eigenvalue weighted by Crippen LogP contribution is 2.24. The SMILES string of the molecule is CCSC1CC(=O)N(CCC(=O)NCCCOCC(COCCOC)OCCOC)C1=O. The van der Waals surface area contributed by atoms with E-state index in [1.165, 1.54) is 16.7 Å². The largest absolute Gasteiger partial charge is 0.382 e. The van der Waals surface area contributed by atoms with Gasteiger partial charge in [0.05, 0.1) is 44.9 Å². The van der Waals surface area contributed by atoms with Crippen molar-refractivity contribution in [1.82, 2.24) is 10.2 Å². The number of imide groups is 1. The van der Waals surface area contributed by atoms with E-state index in [-0.39, 0.29) is 48.5 Å². The summed E-state index contributed by atoms with van der Waals surface area (Å²) in [6.07, 6.45) is 0.763. The molecule has 0 saturated carbocycles. The molecular formula is C21H38N2O8S. The van der Waals surface area contributed by atoms with E-state index in [2.05, 4.69) is 5.32 Å². The minimum absolute atomic E-state index is 0.107. The summed E-state index contributed by atoms with van der Waals surface area (Å²) in [7, 11) is 3.23. The van der Waals surface area contributed by atoms with Crippen LogP contribution in [0.3, 0.4) is 0 Å². The number of methoxy groups -OCH3 is 2. The minimum Gasteiger partial charge on any atom is -0.382 e. The normalized spacial score (nSPS) is 17.2. The Morgan fingerprint density at radius 1 is 1.09 bits per heavy atom. The Balaban J connectivity index is 2.15. The lowest BCUT2D eigenvalue weighted by atomic mass is 10.3. The van der Waals surface area contributed by atoms with Gasteiger partial charge in [0, 0.05) is 46.8 Å². The third-order valence-electron chi connectivity index (χ3n) is 4.60. The van der Waals surface area contributed by atoms with E-state index in [9.17, 15) is 14.4 Å². The molecule has 0 aliphatic carbocycles. The Morgan fingerprint density at radius 2 is 1.78 bits per heavy atom. The average molecular weight is 479 g/mol. The third kappa shape index (κ3) is 12.1. The number of hydrogen-bond donors (Lipinski definition) is 1. The number of rotatable bonds is 20. The molecule has 0 spiro atoms. The first kappa shape index (κ1) is 28.8. The van der Waals surface area contributed by atoms with E-state index >= 15 is 0 Å². The molecule has 1 rings (SSSR count). The molecule has 11 heteroatoms. The van der Waals surface area contributed by atoms with Gasteiger partial charge in [-0.05, 0) is 12.2 Å². The van der Waals surface area contributed by atoms with Gasteiger partial charge in [-0.25, -0.2) is 0 Å². The van der Waals surface area contributed by atoms with Gasteiger partial charge in [0.15, 0.2) is 0 Å². The summed E-state index contributed by atoms with van der Waals surface area (Å²) >= 11 is 1.47. The molecule has 3 amide bonds. The van der Waals surface area contributed by atoms with Gasteiger partial charge in [0.2, 0.25) is 17.7 Å². The second kappa shape index (κ2) is 18.2. The summed E-state index contributed by atoms with van der Waals surface area (Å²) in [6.45, 7) is 5.72. The molecule has 0 aromatic carbocycles. The molecule has 186 valence electrons. The van der Waals surface area contributed by atoms with Crippen LogP contribution in [0.25, 0.3) is 0 Å². The zero-order valence-corrected chi connectivity index (χ0v) is 20.3. The van der Waals surface area contributed by atoms with Crippen molar-refractivity contribution in [2.24, 2.45) is 0 Å². The maximum Gasteiger partial charge on any atom is 0.242 e. The van der Waals surface area contributed by atoms with Crippen LogP contribution >= 0.6 is 11.8 Å². The molecule has 2 unspecified atom stereocenters. The van der Waals surface area contributed by atoms with E-state index < -0.39 is 0 Å². The van der Waals surface area contributed by atoms with Crippen molar-refractivity contribution in [3.8, 4) is 0 Å². The average Bonchev–Trinajstić information content (AvgIpc) is 3.04. The summed E-state index contributed by atoms with van der Waals surface area (Å²) in [5.41, 5.74) is 0. The Bertz CT molecular complexity index is 552. The second-order valence-corrected chi connectivity index (χ2v) is 8.59. The van der Waals surface area contributed by atoms with Crippen LogP contribution in [-0.2, 0) is 38.1 Å². The van der Waals surface area contributed by atoms with Gasteiger partial charge in [0.25, 0.3) is 0 Å². The van der Waals surface area contributed by atoms with E-state index in [1.807, 2.05) is 6.92 Å². The topological polar surface area (TPSA) is 113 Å². The molecule has 32 heavy (non-hydrogen) atoms. The first-order valence-electron chi connectivity index (χ1n) is 11.0. The standard InChI is InChI=1S/C21H38N2O8S/c1-4-32-18-14-20(25)23(21(18)26)8-6-19(24)22-7-5-9-29-15-17(31-13-11-28-3)16-30-12-10-27-2/h17-18H,4-16H2,1-3H3,(H,22,24). The molecule has 2 atom stereocenters. The molecule has 1 fully saturated rings. The lowest BCUT2D eigenvalue weighted by Crippen LogP contribution is -2.36. The zero-order valence-electron chi connectivity index (χ0n) is 19.5. The van der Waals surface area contributed by atoms with E-state index in [4.69, 9.17) is 23.7 Å². The highest BCUT2D eigenvalue weighted by Gasteiger charge is 2.38. The monoisotopic (exact) mass is 478 g/mol. The van der Waals surface area contributed by atoms with Crippen LogP contribution in [0.4, 0.5) is 0 Å². The molecule has 0 radical (unpaired) electrons. The van der Waals surface area contributed by atoms with Crippen molar-refractivity contribution >= 4 is 29.5 Å². The highest BCUT2D eigenvalue weighted by molar-refractivity contribution is 8.00. The van der Waals surface area contributed by atoms with Crippen LogP contribution in [-0.4, -0.2) is 113 Å². The molecule has 10 nitrogen and oxygen atoms in total. The van der Waals surface area contributed by atoms with Gasteiger partial charge in [0.1, 0.15) is 6.10 Å². The fourth-order valence-electron chi connectivity index (χ4n) is 2.94. The van der Waals surface area contributed by atoms with Gasteiger partial charge >= 0.3 is 0 Å². The summed E-state index contributed by atoms with van der Waals surface area (Å²) < 4.78 is 26.8. The second-order valence-electron chi connectivity index (χ2n) is 7.11. The van der Waals surface area contributed by atoms with Crippen LogP contribution in [0.5, 0.6) is 0 Å². The van der Waals surface area contributed by atoms with Crippen LogP contribution in [0.15, 0.2) is 0 Å². The maximum absolute atomic E-state index is 12.2. The molecule has 1 N–H and O–H groups in total. The van der Waals surface area contributed by atoms with Crippen molar-refractivity contribution < 1.29 is 38.1 Å². The molecule has 1 heterocycles. The minimum atomic E-state index is -0.305. The fraction of sp³-hybridized carbons (Fsp3) is 0.857.